The van der Waals surface area contributed by atoms with E-state index in [0.717, 1.165) is 33.4 Å². The fourth-order valence-corrected chi connectivity index (χ4v) is 10.2. The maximum absolute atomic E-state index is 14.2. The van der Waals surface area contributed by atoms with Crippen molar-refractivity contribution < 1.29 is 33.6 Å². The second kappa shape index (κ2) is 29.8. The Balaban J connectivity index is 0.928. The molecule has 0 saturated carbocycles. The largest absolute Gasteiger partial charge is 0.366 e. The molecule has 0 spiro atoms. The van der Waals surface area contributed by atoms with Crippen LogP contribution in [0.15, 0.2) is 176 Å². The molecule has 454 valence electrons. The van der Waals surface area contributed by atoms with Gasteiger partial charge < -0.3 is 35.1 Å². The van der Waals surface area contributed by atoms with Gasteiger partial charge in [-0.25, -0.2) is 0 Å². The summed E-state index contributed by atoms with van der Waals surface area (Å²) in [7, 11) is 0. The highest BCUT2D eigenvalue weighted by atomic mass is 16.2. The minimum absolute atomic E-state index is 0.0207. The fourth-order valence-electron chi connectivity index (χ4n) is 10.2. The van der Waals surface area contributed by atoms with Crippen molar-refractivity contribution in [1.29, 1.82) is 0 Å². The van der Waals surface area contributed by atoms with E-state index in [4.69, 9.17) is 5.73 Å². The number of hydrogen-bond donors (Lipinski definition) is 1. The summed E-state index contributed by atoms with van der Waals surface area (Å²) in [4.78, 5) is 106. The van der Waals surface area contributed by atoms with Crippen LogP contribution in [0.3, 0.4) is 0 Å². The molecular weight excluding hydrogens is 1090 g/mol. The van der Waals surface area contributed by atoms with Gasteiger partial charge in [0.2, 0.25) is 5.91 Å². The van der Waals surface area contributed by atoms with Crippen LogP contribution in [0.2, 0.25) is 0 Å². The molecule has 0 atom stereocenters. The van der Waals surface area contributed by atoms with Gasteiger partial charge in [0.05, 0.1) is 0 Å². The fraction of sp³-hybridized carbons (Fsp3) is 0.329. The van der Waals surface area contributed by atoms with Crippen LogP contribution in [0.25, 0.3) is 0 Å². The number of primary amides is 1. The van der Waals surface area contributed by atoms with Crippen LogP contribution >= 0.6 is 0 Å². The number of carbonyl (C=O) groups excluding carboxylic acids is 7. The first-order valence-corrected chi connectivity index (χ1v) is 30.1. The Hall–Kier alpha value is -9.17. The van der Waals surface area contributed by atoms with Gasteiger partial charge in [-0.15, -0.1) is 0 Å². The summed E-state index contributed by atoms with van der Waals surface area (Å²) in [5.41, 5.74) is 14.4. The van der Waals surface area contributed by atoms with Gasteiger partial charge in [-0.3, -0.25) is 33.6 Å². The first-order valence-electron chi connectivity index (χ1n) is 30.1. The van der Waals surface area contributed by atoms with Gasteiger partial charge in [-0.2, -0.15) is 0 Å². The highest BCUT2D eigenvalue weighted by Gasteiger charge is 2.27. The topological polar surface area (TPSA) is 165 Å². The Labute approximate surface area is 514 Å². The van der Waals surface area contributed by atoms with Crippen molar-refractivity contribution in [1.82, 2.24) is 29.4 Å². The number of amides is 7. The lowest BCUT2D eigenvalue weighted by molar-refractivity contribution is 0.0677. The van der Waals surface area contributed by atoms with E-state index in [2.05, 4.69) is 0 Å². The first-order chi connectivity index (χ1) is 41.4. The molecule has 0 aliphatic heterocycles. The number of carbonyl (C=O) groups is 7. The molecule has 2 N–H and O–H groups in total. The normalized spacial score (nSPS) is 11.3. The zero-order valence-corrected chi connectivity index (χ0v) is 52.6. The Kier molecular flexibility index (Phi) is 22.4. The molecule has 0 unspecified atom stereocenters. The van der Waals surface area contributed by atoms with Crippen molar-refractivity contribution in [2.24, 2.45) is 5.73 Å². The second-order valence-corrected chi connectivity index (χ2v) is 24.1. The molecule has 0 radical (unpaired) electrons. The molecule has 0 aliphatic carbocycles. The number of nitrogens with two attached hydrogens (primary N) is 1. The summed E-state index contributed by atoms with van der Waals surface area (Å²) in [6, 6.07) is 52.6. The van der Waals surface area contributed by atoms with Crippen LogP contribution in [0, 0.1) is 0 Å². The summed E-state index contributed by atoms with van der Waals surface area (Å²) >= 11 is 0. The van der Waals surface area contributed by atoms with E-state index in [-0.39, 0.29) is 71.7 Å². The van der Waals surface area contributed by atoms with Crippen LogP contribution in [-0.4, -0.2) is 107 Å². The number of hydrogen-bond acceptors (Lipinski definition) is 7. The molecule has 0 aliphatic rings. The molecule has 7 rings (SSSR count). The molecule has 14 nitrogen and oxygen atoms in total. The van der Waals surface area contributed by atoms with Crippen LogP contribution in [0.4, 0.5) is 0 Å². The van der Waals surface area contributed by atoms with Crippen LogP contribution < -0.4 is 5.73 Å². The average molecular weight is 1170 g/mol. The average Bonchev–Trinajstić information content (AvgIpc) is 2.17. The van der Waals surface area contributed by atoms with E-state index in [1.807, 2.05) is 208 Å². The highest BCUT2D eigenvalue weighted by molar-refractivity contribution is 5.98. The van der Waals surface area contributed by atoms with Crippen molar-refractivity contribution >= 4 is 41.4 Å². The SMILES string of the molecule is CC(C)N(Cc1ccc(C(=O)N(Cc2ccc(C(=O)N(Cc3ccc(C(=O)N(Cc4ccc(C(=O)N(Cc5ccc(C(=O)N(Cc6ccc(C(N)=O)cc6)C(C)C)cc5)C(C)C)cc4)C(C)C)cc3)C(C)C)cc2)C(C)C)cc1)C(=O)c1ccccc1. The monoisotopic (exact) mass is 1170 g/mol. The lowest BCUT2D eigenvalue weighted by Gasteiger charge is -2.29. The summed E-state index contributed by atoms with van der Waals surface area (Å²) in [6.45, 7) is 25.8. The van der Waals surface area contributed by atoms with Crippen molar-refractivity contribution in [2.45, 2.75) is 159 Å². The maximum Gasteiger partial charge on any atom is 0.254 e. The molecule has 0 aromatic heterocycles. The van der Waals surface area contributed by atoms with Gasteiger partial charge in [0.25, 0.3) is 35.4 Å². The molecule has 7 amide bonds. The Morgan fingerprint density at radius 3 is 0.540 bits per heavy atom. The minimum atomic E-state index is -0.506. The van der Waals surface area contributed by atoms with Crippen LogP contribution in [0.1, 0.15) is 189 Å². The minimum Gasteiger partial charge on any atom is -0.366 e. The summed E-state index contributed by atoms with van der Waals surface area (Å²) in [5.74, 6) is -1.21. The second-order valence-electron chi connectivity index (χ2n) is 24.1. The van der Waals surface area contributed by atoms with Gasteiger partial charge >= 0.3 is 0 Å². The van der Waals surface area contributed by atoms with Crippen molar-refractivity contribution in [3.8, 4) is 0 Å². The third kappa shape index (κ3) is 17.1. The molecule has 0 saturated heterocycles. The van der Waals surface area contributed by atoms with Gasteiger partial charge in [0, 0.05) is 114 Å². The van der Waals surface area contributed by atoms with E-state index >= 15 is 0 Å². The highest BCUT2D eigenvalue weighted by Crippen LogP contribution is 2.24. The summed E-state index contributed by atoms with van der Waals surface area (Å²) < 4.78 is 0. The zero-order valence-electron chi connectivity index (χ0n) is 52.6. The van der Waals surface area contributed by atoms with Gasteiger partial charge in [0.1, 0.15) is 0 Å². The summed E-state index contributed by atoms with van der Waals surface area (Å²) in [6.07, 6.45) is 0. The van der Waals surface area contributed by atoms with Gasteiger partial charge in [-0.1, -0.05) is 91.0 Å². The van der Waals surface area contributed by atoms with Gasteiger partial charge in [-0.05, 0) is 201 Å². The molecule has 0 bridgehead atoms. The zero-order chi connectivity index (χ0) is 63.2. The Bertz CT molecular complexity index is 3470. The lowest BCUT2D eigenvalue weighted by atomic mass is 10.0. The van der Waals surface area contributed by atoms with E-state index < -0.39 is 5.91 Å². The molecule has 7 aromatic rings. The van der Waals surface area contributed by atoms with E-state index in [1.54, 1.807) is 80.3 Å². The number of benzene rings is 7. The Morgan fingerprint density at radius 2 is 0.391 bits per heavy atom. The predicted molar refractivity (Wildman–Crippen MR) is 344 cm³/mol. The van der Waals surface area contributed by atoms with Crippen molar-refractivity contribution in [3.05, 3.63) is 248 Å². The molecular formula is C73H85N7O7. The smallest absolute Gasteiger partial charge is 0.254 e. The lowest BCUT2D eigenvalue weighted by Crippen LogP contribution is -2.37. The van der Waals surface area contributed by atoms with Gasteiger partial charge in [0.15, 0.2) is 0 Å². The van der Waals surface area contributed by atoms with Crippen molar-refractivity contribution in [3.63, 3.8) is 0 Å². The molecule has 0 heterocycles. The van der Waals surface area contributed by atoms with E-state index in [1.165, 1.54) is 0 Å². The molecule has 87 heavy (non-hydrogen) atoms. The van der Waals surface area contributed by atoms with E-state index in [0.29, 0.717) is 78.2 Å². The first kappa shape index (κ1) is 65.4. The van der Waals surface area contributed by atoms with E-state index in [9.17, 15) is 33.6 Å². The van der Waals surface area contributed by atoms with Crippen LogP contribution in [-0.2, 0) is 39.3 Å². The number of nitrogens with zero attached hydrogens (tertiary/aromatic N) is 6. The maximum atomic E-state index is 14.2. The Morgan fingerprint density at radius 1 is 0.241 bits per heavy atom. The molecule has 7 aromatic carbocycles. The third-order valence-electron chi connectivity index (χ3n) is 15.7. The number of rotatable bonds is 25. The van der Waals surface area contributed by atoms with Crippen molar-refractivity contribution in [2.75, 3.05) is 0 Å². The third-order valence-corrected chi connectivity index (χ3v) is 15.7. The van der Waals surface area contributed by atoms with Crippen LogP contribution in [0.5, 0.6) is 0 Å². The summed E-state index contributed by atoms with van der Waals surface area (Å²) in [5, 5.41) is 0. The molecule has 0 fully saturated rings. The predicted octanol–water partition coefficient (Wildman–Crippen LogP) is 13.1. The standard InChI is InChI=1S/C73H85N7O7/c1-48(2)75(68(82)61-16-14-13-15-17-61)43-55-20-32-63(33-21-55)70(84)77(50(5)6)45-57-24-36-65(37-25-57)72(86)79(52(9)10)47-59-28-40-66(41-29-59)73(87)80(53(11)12)46-58-26-38-64(39-27-58)71(85)78(51(7)8)44-56-22-34-62(35-23-56)69(83)76(49(3)4)42-54-18-30-60(31-19-54)67(74)81/h13-41,48-53H,42-47H2,1-12H3,(H2,74,81). The quantitative estimate of drug-likeness (QED) is 0.0595. The molecule has 14 heteroatoms.